The molecule has 128 valence electrons. The van der Waals surface area contributed by atoms with Crippen molar-refractivity contribution in [2.24, 2.45) is 0 Å². The van der Waals surface area contributed by atoms with Crippen LogP contribution >= 0.6 is 0 Å². The van der Waals surface area contributed by atoms with Crippen molar-refractivity contribution in [3.63, 3.8) is 0 Å². The third-order valence-corrected chi connectivity index (χ3v) is 3.18. The molecule has 0 aliphatic carbocycles. The Hall–Kier alpha value is -3.16. The van der Waals surface area contributed by atoms with Gasteiger partial charge in [-0.15, -0.1) is 0 Å². The van der Waals surface area contributed by atoms with Gasteiger partial charge in [0.2, 0.25) is 0 Å². The molecule has 0 radical (unpaired) electrons. The number of alkyl halides is 3. The Balaban J connectivity index is 1.93. The van der Waals surface area contributed by atoms with Gasteiger partial charge in [-0.05, 0) is 12.1 Å². The lowest BCUT2D eigenvalue weighted by Gasteiger charge is -2.13. The molecule has 8 heteroatoms. The van der Waals surface area contributed by atoms with Crippen molar-refractivity contribution in [1.82, 2.24) is 15.0 Å². The average molecular weight is 345 g/mol. The second-order valence-corrected chi connectivity index (χ2v) is 5.16. The van der Waals surface area contributed by atoms with E-state index in [1.807, 2.05) is 18.2 Å². The second-order valence-electron chi connectivity index (χ2n) is 5.16. The normalized spacial score (nSPS) is 11.2. The quantitative estimate of drug-likeness (QED) is 0.724. The third kappa shape index (κ3) is 4.90. The summed E-state index contributed by atoms with van der Waals surface area (Å²) >= 11 is 0. The highest BCUT2D eigenvalue weighted by Crippen LogP contribution is 2.23. The molecule has 0 amide bonds. The second kappa shape index (κ2) is 7.16. The van der Waals surface area contributed by atoms with Crippen LogP contribution in [0.3, 0.4) is 0 Å². The van der Waals surface area contributed by atoms with E-state index in [2.05, 4.69) is 25.6 Å². The van der Waals surface area contributed by atoms with Crippen molar-refractivity contribution in [2.75, 3.05) is 17.2 Å². The van der Waals surface area contributed by atoms with Crippen molar-refractivity contribution in [2.45, 2.75) is 6.18 Å². The Labute approximate surface area is 142 Å². The van der Waals surface area contributed by atoms with E-state index in [9.17, 15) is 13.2 Å². The molecule has 0 spiro atoms. The molecule has 3 rings (SSSR count). The van der Waals surface area contributed by atoms with Crippen LogP contribution in [0.1, 0.15) is 0 Å². The van der Waals surface area contributed by atoms with Crippen molar-refractivity contribution in [3.8, 4) is 11.4 Å². The number of aromatic nitrogens is 3. The maximum absolute atomic E-state index is 12.5. The lowest BCUT2D eigenvalue weighted by molar-refractivity contribution is -0.115. The highest BCUT2D eigenvalue weighted by molar-refractivity contribution is 5.64. The van der Waals surface area contributed by atoms with E-state index in [0.29, 0.717) is 17.2 Å². The molecule has 1 aromatic carbocycles. The van der Waals surface area contributed by atoms with Gasteiger partial charge in [0.25, 0.3) is 0 Å². The molecule has 0 unspecified atom stereocenters. The zero-order valence-electron chi connectivity index (χ0n) is 13.0. The van der Waals surface area contributed by atoms with E-state index in [-0.39, 0.29) is 5.82 Å². The molecule has 0 bridgehead atoms. The van der Waals surface area contributed by atoms with Crippen LogP contribution in [0.4, 0.5) is 30.5 Å². The standard InChI is InChI=1S/C17H14F3N5/c18-17(19,20)11-22-14-10-15(23-13-6-8-21-9-7-13)25-16(24-14)12-4-2-1-3-5-12/h1-10H,11H2,(H2,21,22,23,24,25). The first-order valence-electron chi connectivity index (χ1n) is 7.42. The Morgan fingerprint density at radius 2 is 1.56 bits per heavy atom. The Bertz CT molecular complexity index is 823. The molecule has 3 aromatic rings. The van der Waals surface area contributed by atoms with Crippen LogP contribution in [-0.2, 0) is 0 Å². The molecule has 0 fully saturated rings. The summed E-state index contributed by atoms with van der Waals surface area (Å²) in [5, 5.41) is 5.33. The first kappa shape index (κ1) is 16.7. The molecular weight excluding hydrogens is 331 g/mol. The number of halogens is 3. The summed E-state index contributed by atoms with van der Waals surface area (Å²) in [4.78, 5) is 12.5. The van der Waals surface area contributed by atoms with Crippen LogP contribution in [0, 0.1) is 0 Å². The largest absolute Gasteiger partial charge is 0.405 e. The summed E-state index contributed by atoms with van der Waals surface area (Å²) in [5.74, 6) is 0.789. The van der Waals surface area contributed by atoms with Crippen LogP contribution in [-0.4, -0.2) is 27.7 Å². The number of benzene rings is 1. The molecule has 0 atom stereocenters. The van der Waals surface area contributed by atoms with Gasteiger partial charge >= 0.3 is 6.18 Å². The van der Waals surface area contributed by atoms with Crippen molar-refractivity contribution >= 4 is 17.3 Å². The maximum atomic E-state index is 12.5. The van der Waals surface area contributed by atoms with Gasteiger partial charge in [0.15, 0.2) is 5.82 Å². The fraction of sp³-hybridized carbons (Fsp3) is 0.118. The molecule has 0 saturated carbocycles. The number of pyridine rings is 1. The summed E-state index contributed by atoms with van der Waals surface area (Å²) in [6.45, 7) is -1.17. The van der Waals surface area contributed by atoms with Crippen molar-refractivity contribution in [1.29, 1.82) is 0 Å². The SMILES string of the molecule is FC(F)(F)CNc1cc(Nc2ccncc2)nc(-c2ccccc2)n1. The first-order chi connectivity index (χ1) is 12.0. The van der Waals surface area contributed by atoms with Gasteiger partial charge in [0.1, 0.15) is 18.2 Å². The zero-order valence-corrected chi connectivity index (χ0v) is 13.0. The summed E-state index contributed by atoms with van der Waals surface area (Å²) in [6, 6.07) is 13.9. The lowest BCUT2D eigenvalue weighted by Crippen LogP contribution is -2.22. The van der Waals surface area contributed by atoms with E-state index < -0.39 is 12.7 Å². The number of hydrogen-bond donors (Lipinski definition) is 2. The molecule has 0 aliphatic rings. The smallest absolute Gasteiger partial charge is 0.361 e. The molecule has 25 heavy (non-hydrogen) atoms. The van der Waals surface area contributed by atoms with Crippen LogP contribution in [0.5, 0.6) is 0 Å². The summed E-state index contributed by atoms with van der Waals surface area (Å²) in [5.41, 5.74) is 1.42. The molecule has 5 nitrogen and oxygen atoms in total. The Morgan fingerprint density at radius 1 is 0.880 bits per heavy atom. The third-order valence-electron chi connectivity index (χ3n) is 3.18. The van der Waals surface area contributed by atoms with E-state index in [0.717, 1.165) is 5.69 Å². The number of anilines is 3. The van der Waals surface area contributed by atoms with E-state index >= 15 is 0 Å². The molecule has 0 saturated heterocycles. The Morgan fingerprint density at radius 3 is 2.24 bits per heavy atom. The monoisotopic (exact) mass is 345 g/mol. The van der Waals surface area contributed by atoms with Gasteiger partial charge in [0.05, 0.1) is 0 Å². The summed E-state index contributed by atoms with van der Waals surface area (Å²) in [7, 11) is 0. The van der Waals surface area contributed by atoms with Crippen molar-refractivity contribution < 1.29 is 13.2 Å². The minimum absolute atomic E-state index is 0.0859. The number of nitrogens with zero attached hydrogens (tertiary/aromatic N) is 3. The van der Waals surface area contributed by atoms with Crippen LogP contribution in [0.25, 0.3) is 11.4 Å². The van der Waals surface area contributed by atoms with E-state index in [1.54, 1.807) is 36.7 Å². The molecule has 0 aliphatic heterocycles. The van der Waals surface area contributed by atoms with Gasteiger partial charge in [-0.25, -0.2) is 9.97 Å². The van der Waals surface area contributed by atoms with Gasteiger partial charge in [-0.2, -0.15) is 13.2 Å². The molecule has 2 heterocycles. The van der Waals surface area contributed by atoms with E-state index in [1.165, 1.54) is 6.07 Å². The zero-order chi connectivity index (χ0) is 17.7. The fourth-order valence-corrected chi connectivity index (χ4v) is 2.09. The average Bonchev–Trinajstić information content (AvgIpc) is 2.61. The van der Waals surface area contributed by atoms with Gasteiger partial charge in [-0.1, -0.05) is 30.3 Å². The predicted molar refractivity (Wildman–Crippen MR) is 89.5 cm³/mol. The lowest BCUT2D eigenvalue weighted by atomic mass is 10.2. The number of rotatable bonds is 5. The van der Waals surface area contributed by atoms with Crippen molar-refractivity contribution in [3.05, 3.63) is 60.9 Å². The highest BCUT2D eigenvalue weighted by atomic mass is 19.4. The summed E-state index contributed by atoms with van der Waals surface area (Å²) in [6.07, 6.45) is -1.13. The van der Waals surface area contributed by atoms with Crippen LogP contribution in [0.15, 0.2) is 60.9 Å². The fourth-order valence-electron chi connectivity index (χ4n) is 2.09. The molecular formula is C17H14F3N5. The van der Waals surface area contributed by atoms with E-state index in [4.69, 9.17) is 0 Å². The minimum Gasteiger partial charge on any atom is -0.361 e. The molecule has 2 N–H and O–H groups in total. The Kier molecular flexibility index (Phi) is 4.78. The minimum atomic E-state index is -4.34. The van der Waals surface area contributed by atoms with Gasteiger partial charge < -0.3 is 10.6 Å². The predicted octanol–water partition coefficient (Wildman–Crippen LogP) is 4.26. The number of nitrogens with one attached hydrogen (secondary N) is 2. The van der Waals surface area contributed by atoms with Gasteiger partial charge in [-0.3, -0.25) is 4.98 Å². The number of hydrogen-bond acceptors (Lipinski definition) is 5. The highest BCUT2D eigenvalue weighted by Gasteiger charge is 2.27. The topological polar surface area (TPSA) is 62.7 Å². The maximum Gasteiger partial charge on any atom is 0.405 e. The molecule has 2 aromatic heterocycles. The summed E-state index contributed by atoms with van der Waals surface area (Å²) < 4.78 is 37.5. The van der Waals surface area contributed by atoms with Crippen LogP contribution in [0.2, 0.25) is 0 Å². The van der Waals surface area contributed by atoms with Gasteiger partial charge in [0, 0.05) is 29.7 Å². The first-order valence-corrected chi connectivity index (χ1v) is 7.42. The van der Waals surface area contributed by atoms with Crippen LogP contribution < -0.4 is 10.6 Å².